The second kappa shape index (κ2) is 10.5. The van der Waals surface area contributed by atoms with Gasteiger partial charge in [0.1, 0.15) is 17.2 Å². The fraction of sp³-hybridized carbons (Fsp3) is 0.174. The Labute approximate surface area is 197 Å². The normalized spacial score (nSPS) is 11.9. The lowest BCUT2D eigenvalue weighted by Gasteiger charge is -2.15. The summed E-state index contributed by atoms with van der Waals surface area (Å²) in [6.45, 7) is 1.60. The second-order valence-corrected chi connectivity index (χ2v) is 9.02. The zero-order valence-electron chi connectivity index (χ0n) is 18.2. The molecule has 0 fully saturated rings. The van der Waals surface area contributed by atoms with Crippen molar-refractivity contribution in [2.75, 3.05) is 24.3 Å². The topological polar surface area (TPSA) is 103 Å². The molecule has 0 aliphatic heterocycles. The van der Waals surface area contributed by atoms with Crippen LogP contribution >= 0.6 is 11.6 Å². The predicted molar refractivity (Wildman–Crippen MR) is 127 cm³/mol. The molecule has 0 saturated carbocycles. The molecule has 0 aromatic heterocycles. The molecule has 8 nitrogen and oxygen atoms in total. The Morgan fingerprint density at radius 3 is 2.30 bits per heavy atom. The van der Waals surface area contributed by atoms with Crippen molar-refractivity contribution in [1.82, 2.24) is 0 Å². The summed E-state index contributed by atoms with van der Waals surface area (Å²) < 4.78 is 44.0. The molecule has 1 atom stereocenters. The number of rotatable bonds is 9. The van der Waals surface area contributed by atoms with E-state index in [1.165, 1.54) is 38.5 Å². The van der Waals surface area contributed by atoms with E-state index in [4.69, 9.17) is 25.8 Å². The average Bonchev–Trinajstić information content (AvgIpc) is 2.79. The van der Waals surface area contributed by atoms with Gasteiger partial charge in [0.15, 0.2) is 6.10 Å². The van der Waals surface area contributed by atoms with Crippen molar-refractivity contribution < 1.29 is 27.4 Å². The molecular weight excluding hydrogens is 468 g/mol. The molecular formula is C23H23ClN2O6S. The summed E-state index contributed by atoms with van der Waals surface area (Å²) in [5.74, 6) is 0.914. The number of anilines is 2. The molecule has 1 amide bonds. The van der Waals surface area contributed by atoms with Crippen LogP contribution in [0, 0.1) is 0 Å². The number of hydrogen-bond acceptors (Lipinski definition) is 6. The highest BCUT2D eigenvalue weighted by atomic mass is 35.5. The Morgan fingerprint density at radius 2 is 1.67 bits per heavy atom. The molecule has 33 heavy (non-hydrogen) atoms. The Morgan fingerprint density at radius 1 is 0.939 bits per heavy atom. The third-order valence-electron chi connectivity index (χ3n) is 4.56. The number of carbonyl (C=O) groups is 1. The Bertz CT molecular complexity index is 1230. The third-order valence-corrected chi connectivity index (χ3v) is 6.18. The maximum atomic E-state index is 12.8. The minimum atomic E-state index is -3.89. The summed E-state index contributed by atoms with van der Waals surface area (Å²) in [6, 6.07) is 17.2. The van der Waals surface area contributed by atoms with E-state index in [-0.39, 0.29) is 10.6 Å². The molecule has 0 heterocycles. The smallest absolute Gasteiger partial charge is 0.265 e. The molecule has 3 aromatic rings. The van der Waals surface area contributed by atoms with Gasteiger partial charge in [0.2, 0.25) is 0 Å². The minimum Gasteiger partial charge on any atom is -0.497 e. The number of amides is 1. The maximum Gasteiger partial charge on any atom is 0.265 e. The van der Waals surface area contributed by atoms with Crippen LogP contribution in [0.5, 0.6) is 17.2 Å². The lowest BCUT2D eigenvalue weighted by atomic mass is 10.3. The van der Waals surface area contributed by atoms with Crippen molar-refractivity contribution in [3.63, 3.8) is 0 Å². The SMILES string of the molecule is COc1ccc(NS(=O)(=O)c2ccc(NC(=O)[C@@H](C)Oc3cccc(Cl)c3)cc2)c(OC)c1. The first-order valence-electron chi connectivity index (χ1n) is 9.80. The molecule has 0 unspecified atom stereocenters. The molecule has 0 saturated heterocycles. The van der Waals surface area contributed by atoms with Gasteiger partial charge in [-0.3, -0.25) is 9.52 Å². The third kappa shape index (κ3) is 6.30. The highest BCUT2D eigenvalue weighted by Crippen LogP contribution is 2.31. The van der Waals surface area contributed by atoms with Crippen LogP contribution in [0.25, 0.3) is 0 Å². The standard InChI is InChI=1S/C23H23ClN2O6S/c1-15(32-19-6-4-5-16(24)13-19)23(27)25-17-7-10-20(11-8-17)33(28,29)26-21-12-9-18(30-2)14-22(21)31-3/h4-15,26H,1-3H3,(H,25,27)/t15-/m1/s1. The van der Waals surface area contributed by atoms with Crippen LogP contribution in [-0.4, -0.2) is 34.6 Å². The minimum absolute atomic E-state index is 0.0154. The van der Waals surface area contributed by atoms with Crippen LogP contribution in [0.3, 0.4) is 0 Å². The van der Waals surface area contributed by atoms with Gasteiger partial charge >= 0.3 is 0 Å². The van der Waals surface area contributed by atoms with Gasteiger partial charge in [0, 0.05) is 16.8 Å². The highest BCUT2D eigenvalue weighted by molar-refractivity contribution is 7.92. The van der Waals surface area contributed by atoms with Gasteiger partial charge in [-0.15, -0.1) is 0 Å². The van der Waals surface area contributed by atoms with Crippen molar-refractivity contribution in [3.05, 3.63) is 71.8 Å². The maximum absolute atomic E-state index is 12.8. The number of sulfonamides is 1. The molecule has 0 bridgehead atoms. The number of nitrogens with one attached hydrogen (secondary N) is 2. The Hall–Kier alpha value is -3.43. The molecule has 0 spiro atoms. The van der Waals surface area contributed by atoms with Gasteiger partial charge in [-0.2, -0.15) is 0 Å². The summed E-state index contributed by atoms with van der Waals surface area (Å²) in [7, 11) is -0.958. The van der Waals surface area contributed by atoms with Crippen LogP contribution in [-0.2, 0) is 14.8 Å². The summed E-state index contributed by atoms with van der Waals surface area (Å²) in [5, 5.41) is 3.19. The van der Waals surface area contributed by atoms with Gasteiger partial charge in [0.05, 0.1) is 24.8 Å². The molecule has 174 valence electrons. The average molecular weight is 491 g/mol. The number of benzene rings is 3. The number of methoxy groups -OCH3 is 2. The lowest BCUT2D eigenvalue weighted by molar-refractivity contribution is -0.122. The molecule has 3 aromatic carbocycles. The number of ether oxygens (including phenoxy) is 3. The fourth-order valence-electron chi connectivity index (χ4n) is 2.85. The van der Waals surface area contributed by atoms with Crippen molar-refractivity contribution in [2.45, 2.75) is 17.9 Å². The largest absolute Gasteiger partial charge is 0.497 e. The predicted octanol–water partition coefficient (Wildman–Crippen LogP) is 4.56. The number of hydrogen-bond donors (Lipinski definition) is 2. The summed E-state index contributed by atoms with van der Waals surface area (Å²) in [6.07, 6.45) is -0.795. The van der Waals surface area contributed by atoms with E-state index in [9.17, 15) is 13.2 Å². The van der Waals surface area contributed by atoms with Crippen molar-refractivity contribution >= 4 is 38.9 Å². The van der Waals surface area contributed by atoms with E-state index >= 15 is 0 Å². The van der Waals surface area contributed by atoms with E-state index in [0.29, 0.717) is 28.0 Å². The monoisotopic (exact) mass is 490 g/mol. The van der Waals surface area contributed by atoms with Gasteiger partial charge in [-0.25, -0.2) is 8.42 Å². The molecule has 10 heteroatoms. The molecule has 2 N–H and O–H groups in total. The summed E-state index contributed by atoms with van der Waals surface area (Å²) in [5.41, 5.74) is 0.685. The lowest BCUT2D eigenvalue weighted by Crippen LogP contribution is -2.30. The number of halogens is 1. The van der Waals surface area contributed by atoms with Crippen LogP contribution in [0.15, 0.2) is 71.6 Å². The first-order valence-corrected chi connectivity index (χ1v) is 11.7. The van der Waals surface area contributed by atoms with Crippen molar-refractivity contribution in [2.24, 2.45) is 0 Å². The molecule has 0 aliphatic carbocycles. The summed E-state index contributed by atoms with van der Waals surface area (Å²) >= 11 is 5.92. The Balaban J connectivity index is 1.67. The van der Waals surface area contributed by atoms with E-state index in [1.807, 2.05) is 0 Å². The highest BCUT2D eigenvalue weighted by Gasteiger charge is 2.19. The quantitative estimate of drug-likeness (QED) is 0.455. The van der Waals surface area contributed by atoms with Crippen LogP contribution in [0.4, 0.5) is 11.4 Å². The van der Waals surface area contributed by atoms with Crippen LogP contribution in [0.1, 0.15) is 6.92 Å². The van der Waals surface area contributed by atoms with Gasteiger partial charge in [0.25, 0.3) is 15.9 Å². The van der Waals surface area contributed by atoms with Gasteiger partial charge in [-0.1, -0.05) is 17.7 Å². The zero-order chi connectivity index (χ0) is 24.0. The molecule has 3 rings (SSSR count). The summed E-state index contributed by atoms with van der Waals surface area (Å²) in [4.78, 5) is 12.4. The van der Waals surface area contributed by atoms with Gasteiger partial charge < -0.3 is 19.5 Å². The molecule has 0 aliphatic rings. The van der Waals surface area contributed by atoms with E-state index in [1.54, 1.807) is 49.4 Å². The molecule has 0 radical (unpaired) electrons. The second-order valence-electron chi connectivity index (χ2n) is 6.90. The fourth-order valence-corrected chi connectivity index (χ4v) is 4.10. The Kier molecular flexibility index (Phi) is 7.67. The van der Waals surface area contributed by atoms with Crippen molar-refractivity contribution in [3.8, 4) is 17.2 Å². The van der Waals surface area contributed by atoms with Crippen molar-refractivity contribution in [1.29, 1.82) is 0 Å². The van der Waals surface area contributed by atoms with Crippen LogP contribution < -0.4 is 24.2 Å². The van der Waals surface area contributed by atoms with E-state index in [2.05, 4.69) is 10.0 Å². The van der Waals surface area contributed by atoms with Gasteiger partial charge in [-0.05, 0) is 61.5 Å². The first-order chi connectivity index (χ1) is 15.7. The van der Waals surface area contributed by atoms with E-state index in [0.717, 1.165) is 0 Å². The number of carbonyl (C=O) groups excluding carboxylic acids is 1. The zero-order valence-corrected chi connectivity index (χ0v) is 19.7. The first kappa shape index (κ1) is 24.2. The van der Waals surface area contributed by atoms with E-state index < -0.39 is 22.0 Å². The van der Waals surface area contributed by atoms with Crippen LogP contribution in [0.2, 0.25) is 5.02 Å².